The monoisotopic (exact) mass is 750 g/mol. The number of aromatic amines is 1. The van der Waals surface area contributed by atoms with E-state index in [0.29, 0.717) is 6.42 Å². The van der Waals surface area contributed by atoms with Crippen LogP contribution >= 0.6 is 0 Å². The van der Waals surface area contributed by atoms with Crippen LogP contribution < -0.4 is 17.0 Å². The van der Waals surface area contributed by atoms with Crippen molar-refractivity contribution in [2.24, 2.45) is 17.6 Å². The number of hydrogen-bond donors (Lipinski definition) is 3. The second-order valence-corrected chi connectivity index (χ2v) is 14.7. The number of imidazole rings is 1. The SMILES string of the molecule is CCCCCCCCCCCCCCCCCC(=O)OCC(COC(=O)[C@@H](N)C(C)C)CC(=O)OC[C@H]1O[C@@H](n2cnc3c(=O)[nH]c(N)nc32)C[C@@H]1F. The van der Waals surface area contributed by atoms with Crippen LogP contribution in [0.2, 0.25) is 0 Å². The number of nitrogens with two attached hydrogens (primary N) is 2. The molecular weight excluding hydrogens is 687 g/mol. The number of aromatic nitrogens is 4. The third-order valence-corrected chi connectivity index (χ3v) is 9.70. The zero-order valence-electron chi connectivity index (χ0n) is 32.0. The molecule has 3 rings (SSSR count). The van der Waals surface area contributed by atoms with Gasteiger partial charge >= 0.3 is 17.9 Å². The van der Waals surface area contributed by atoms with Gasteiger partial charge in [-0.15, -0.1) is 0 Å². The predicted octanol–water partition coefficient (Wildman–Crippen LogP) is 6.21. The topological polar surface area (TPSA) is 204 Å². The Morgan fingerprint density at radius 1 is 0.925 bits per heavy atom. The van der Waals surface area contributed by atoms with Gasteiger partial charge in [-0.3, -0.25) is 28.7 Å². The van der Waals surface area contributed by atoms with Gasteiger partial charge in [0.25, 0.3) is 5.56 Å². The van der Waals surface area contributed by atoms with E-state index in [-0.39, 0.29) is 68.1 Å². The lowest BCUT2D eigenvalue weighted by Gasteiger charge is -2.20. The number of anilines is 1. The largest absolute Gasteiger partial charge is 0.465 e. The van der Waals surface area contributed by atoms with E-state index in [1.54, 1.807) is 13.8 Å². The molecular formula is C38H63FN6O8. The number of ether oxygens (including phenoxy) is 4. The number of nitrogens with one attached hydrogen (secondary N) is 1. The first-order valence-electron chi connectivity index (χ1n) is 19.7. The van der Waals surface area contributed by atoms with Crippen molar-refractivity contribution in [3.8, 4) is 0 Å². The fraction of sp³-hybridized carbons (Fsp3) is 0.789. The average molecular weight is 751 g/mol. The third kappa shape index (κ3) is 15.7. The standard InChI is InChI=1S/C38H63FN6O8/c1-4-5-6-7-8-9-10-11-12-13-14-15-16-17-18-19-31(46)50-22-27(23-52-37(49)33(40)26(2)3)20-32(47)51-24-29-28(39)21-30(53-29)45-25-42-34-35(45)43-38(41)44-36(34)48/h25-30,33H,4-24,40H2,1-3H3,(H3,41,43,44,48)/t27?,28-,29+,30+,33-/m0/s1. The summed E-state index contributed by atoms with van der Waals surface area (Å²) in [6.45, 7) is 5.06. The van der Waals surface area contributed by atoms with E-state index in [4.69, 9.17) is 30.4 Å². The maximum Gasteiger partial charge on any atom is 0.323 e. The van der Waals surface area contributed by atoms with E-state index in [0.717, 1.165) is 19.3 Å². The molecule has 1 saturated heterocycles. The molecule has 3 heterocycles. The van der Waals surface area contributed by atoms with Gasteiger partial charge in [-0.05, 0) is 12.3 Å². The van der Waals surface area contributed by atoms with Crippen LogP contribution in [0.25, 0.3) is 11.2 Å². The van der Waals surface area contributed by atoms with Crippen molar-refractivity contribution in [3.63, 3.8) is 0 Å². The number of unbranched alkanes of at least 4 members (excludes halogenated alkanes) is 14. The summed E-state index contributed by atoms with van der Waals surface area (Å²) < 4.78 is 38.4. The predicted molar refractivity (Wildman–Crippen MR) is 199 cm³/mol. The van der Waals surface area contributed by atoms with Crippen molar-refractivity contribution in [2.75, 3.05) is 25.6 Å². The molecule has 0 saturated carbocycles. The third-order valence-electron chi connectivity index (χ3n) is 9.70. The Labute approximate surface area is 312 Å². The molecule has 0 spiro atoms. The molecule has 15 heteroatoms. The number of carbonyl (C=O) groups is 3. The van der Waals surface area contributed by atoms with Gasteiger partial charge in [0.05, 0.1) is 26.0 Å². The summed E-state index contributed by atoms with van der Waals surface area (Å²) in [5.74, 6) is -2.69. The molecule has 0 aromatic carbocycles. The van der Waals surface area contributed by atoms with Crippen LogP contribution in [-0.2, 0) is 33.3 Å². The highest BCUT2D eigenvalue weighted by molar-refractivity contribution is 5.76. The van der Waals surface area contributed by atoms with E-state index in [9.17, 15) is 23.6 Å². The molecule has 0 aliphatic carbocycles. The molecule has 1 aliphatic rings. The Bertz CT molecular complexity index is 1450. The fourth-order valence-corrected chi connectivity index (χ4v) is 6.29. The van der Waals surface area contributed by atoms with Gasteiger partial charge in [-0.1, -0.05) is 111 Å². The number of carbonyl (C=O) groups excluding carboxylic acids is 3. The molecule has 5 atom stereocenters. The smallest absolute Gasteiger partial charge is 0.323 e. The minimum atomic E-state index is -1.49. The Morgan fingerprint density at radius 3 is 2.11 bits per heavy atom. The quantitative estimate of drug-likeness (QED) is 0.0530. The molecule has 1 fully saturated rings. The Hall–Kier alpha value is -3.59. The van der Waals surface area contributed by atoms with E-state index in [1.807, 2.05) is 0 Å². The minimum absolute atomic E-state index is 0.0321. The molecule has 300 valence electrons. The van der Waals surface area contributed by atoms with Crippen molar-refractivity contribution in [3.05, 3.63) is 16.7 Å². The number of nitrogen functional groups attached to an aromatic ring is 1. The maximum absolute atomic E-state index is 15.0. The van der Waals surface area contributed by atoms with Crippen LogP contribution in [0.3, 0.4) is 0 Å². The molecule has 0 radical (unpaired) electrons. The highest BCUT2D eigenvalue weighted by Gasteiger charge is 2.38. The van der Waals surface area contributed by atoms with Crippen LogP contribution in [0.4, 0.5) is 10.3 Å². The lowest BCUT2D eigenvalue weighted by molar-refractivity contribution is -0.157. The van der Waals surface area contributed by atoms with Gasteiger partial charge in [0.1, 0.15) is 31.2 Å². The van der Waals surface area contributed by atoms with Gasteiger partial charge in [-0.25, -0.2) is 9.37 Å². The molecule has 5 N–H and O–H groups in total. The Morgan fingerprint density at radius 2 is 1.51 bits per heavy atom. The zero-order valence-corrected chi connectivity index (χ0v) is 32.0. The first kappa shape index (κ1) is 43.8. The van der Waals surface area contributed by atoms with Gasteiger partial charge in [0.15, 0.2) is 11.2 Å². The number of esters is 3. The number of rotatable bonds is 27. The second-order valence-electron chi connectivity index (χ2n) is 14.7. The average Bonchev–Trinajstić information content (AvgIpc) is 3.72. The summed E-state index contributed by atoms with van der Waals surface area (Å²) in [6, 6.07) is -0.846. The minimum Gasteiger partial charge on any atom is -0.465 e. The Kier molecular flexibility index (Phi) is 19.8. The molecule has 0 bridgehead atoms. The zero-order chi connectivity index (χ0) is 38.6. The first-order chi connectivity index (χ1) is 25.5. The van der Waals surface area contributed by atoms with Crippen LogP contribution in [0.1, 0.15) is 143 Å². The number of alkyl halides is 1. The number of nitrogens with zero attached hydrogens (tertiary/aromatic N) is 3. The lowest BCUT2D eigenvalue weighted by Crippen LogP contribution is -2.38. The molecule has 0 amide bonds. The van der Waals surface area contributed by atoms with Crippen LogP contribution in [-0.4, -0.2) is 75.6 Å². The van der Waals surface area contributed by atoms with E-state index < -0.39 is 48.0 Å². The maximum atomic E-state index is 15.0. The van der Waals surface area contributed by atoms with Crippen molar-refractivity contribution in [1.29, 1.82) is 0 Å². The normalized spacial score (nSPS) is 18.3. The molecule has 2 aromatic rings. The molecule has 2 aromatic heterocycles. The molecule has 53 heavy (non-hydrogen) atoms. The van der Waals surface area contributed by atoms with Gasteiger partial charge < -0.3 is 30.4 Å². The van der Waals surface area contributed by atoms with Gasteiger partial charge in [0.2, 0.25) is 5.95 Å². The van der Waals surface area contributed by atoms with Crippen molar-refractivity contribution in [1.82, 2.24) is 19.5 Å². The molecule has 1 aliphatic heterocycles. The highest BCUT2D eigenvalue weighted by Crippen LogP contribution is 2.32. The number of fused-ring (bicyclic) bond motifs is 1. The fourth-order valence-electron chi connectivity index (χ4n) is 6.29. The first-order valence-corrected chi connectivity index (χ1v) is 19.7. The summed E-state index contributed by atoms with van der Waals surface area (Å²) in [5.41, 5.74) is 11.2. The summed E-state index contributed by atoms with van der Waals surface area (Å²) in [6.07, 6.45) is 16.2. The van der Waals surface area contributed by atoms with Crippen LogP contribution in [0.5, 0.6) is 0 Å². The second kappa shape index (κ2) is 23.9. The number of halogens is 1. The molecule has 14 nitrogen and oxygen atoms in total. The summed E-state index contributed by atoms with van der Waals surface area (Å²) in [7, 11) is 0. The Balaban J connectivity index is 1.36. The summed E-state index contributed by atoms with van der Waals surface area (Å²) in [5, 5.41) is 0. The van der Waals surface area contributed by atoms with E-state index >= 15 is 0 Å². The van der Waals surface area contributed by atoms with Gasteiger partial charge in [-0.2, -0.15) is 4.98 Å². The lowest BCUT2D eigenvalue weighted by atomic mass is 10.0. The van der Waals surface area contributed by atoms with Gasteiger partial charge in [0, 0.05) is 18.8 Å². The molecule has 1 unspecified atom stereocenters. The number of H-pyrrole nitrogens is 1. The van der Waals surface area contributed by atoms with Crippen molar-refractivity contribution < 1.29 is 37.7 Å². The van der Waals surface area contributed by atoms with Crippen LogP contribution in [0, 0.1) is 11.8 Å². The van der Waals surface area contributed by atoms with Crippen molar-refractivity contribution in [2.45, 2.75) is 161 Å². The highest BCUT2D eigenvalue weighted by atomic mass is 19.1. The number of hydrogen-bond acceptors (Lipinski definition) is 12. The van der Waals surface area contributed by atoms with E-state index in [2.05, 4.69) is 21.9 Å². The van der Waals surface area contributed by atoms with Crippen molar-refractivity contribution >= 4 is 35.0 Å². The summed E-state index contributed by atoms with van der Waals surface area (Å²) >= 11 is 0. The van der Waals surface area contributed by atoms with Crippen LogP contribution in [0.15, 0.2) is 11.1 Å². The summed E-state index contributed by atoms with van der Waals surface area (Å²) in [4.78, 5) is 60.4. The van der Waals surface area contributed by atoms with E-state index in [1.165, 1.54) is 81.5 Å².